The van der Waals surface area contributed by atoms with Crippen molar-refractivity contribution in [3.05, 3.63) is 80.9 Å². The Morgan fingerprint density at radius 2 is 1.87 bits per heavy atom. The second-order valence-corrected chi connectivity index (χ2v) is 7.89. The number of carbonyl (C=O) groups excluding carboxylic acids is 2. The number of nitro groups is 1. The van der Waals surface area contributed by atoms with E-state index in [1.54, 1.807) is 13.1 Å². The van der Waals surface area contributed by atoms with E-state index in [-0.39, 0.29) is 28.1 Å². The summed E-state index contributed by atoms with van der Waals surface area (Å²) in [5.41, 5.74) is 0.423. The molecular weight excluding hydrogens is 406 g/mol. The monoisotopic (exact) mass is 427 g/mol. The minimum Gasteiger partial charge on any atom is -0.320 e. The number of hydrogen-bond donors (Lipinski definition) is 0. The highest BCUT2D eigenvalue weighted by atomic mass is 35.5. The van der Waals surface area contributed by atoms with Gasteiger partial charge in [0.05, 0.1) is 4.92 Å². The molecule has 2 aromatic rings. The molecule has 0 unspecified atom stereocenters. The third-order valence-electron chi connectivity index (χ3n) is 5.09. The first-order valence-electron chi connectivity index (χ1n) is 9.49. The smallest absolute Gasteiger partial charge is 0.282 e. The van der Waals surface area contributed by atoms with Crippen LogP contribution in [0.15, 0.2) is 54.6 Å². The molecule has 1 saturated heterocycles. The van der Waals surface area contributed by atoms with Crippen LogP contribution in [-0.2, 0) is 4.79 Å². The van der Waals surface area contributed by atoms with Crippen LogP contribution in [0.25, 0.3) is 6.08 Å². The average Bonchev–Trinajstić information content (AvgIpc) is 2.97. The van der Waals surface area contributed by atoms with Crippen LogP contribution in [0.5, 0.6) is 0 Å². The quantitative estimate of drug-likeness (QED) is 0.528. The van der Waals surface area contributed by atoms with Crippen molar-refractivity contribution < 1.29 is 14.5 Å². The largest absolute Gasteiger partial charge is 0.320 e. The highest BCUT2D eigenvalue weighted by molar-refractivity contribution is 6.31. The fourth-order valence-electron chi connectivity index (χ4n) is 3.62. The molecule has 0 radical (unpaired) electrons. The Morgan fingerprint density at radius 3 is 2.47 bits per heavy atom. The van der Waals surface area contributed by atoms with Crippen LogP contribution in [0.4, 0.5) is 5.69 Å². The maximum atomic E-state index is 13.5. The van der Waals surface area contributed by atoms with Gasteiger partial charge in [0, 0.05) is 18.1 Å². The van der Waals surface area contributed by atoms with E-state index in [0.29, 0.717) is 0 Å². The van der Waals surface area contributed by atoms with Crippen molar-refractivity contribution in [3.63, 3.8) is 0 Å². The van der Waals surface area contributed by atoms with Crippen LogP contribution in [0.1, 0.15) is 29.8 Å². The van der Waals surface area contributed by atoms with E-state index in [0.717, 1.165) is 5.56 Å². The zero-order chi connectivity index (χ0) is 22.0. The molecule has 0 aliphatic carbocycles. The highest BCUT2D eigenvalue weighted by Gasteiger charge is 2.48. The lowest BCUT2D eigenvalue weighted by Crippen LogP contribution is -2.45. The molecule has 2 aromatic carbocycles. The van der Waals surface area contributed by atoms with Crippen molar-refractivity contribution >= 4 is 35.2 Å². The first-order valence-corrected chi connectivity index (χ1v) is 9.86. The number of carbonyl (C=O) groups is 2. The highest BCUT2D eigenvalue weighted by Crippen LogP contribution is 2.32. The third-order valence-corrected chi connectivity index (χ3v) is 5.33. The third kappa shape index (κ3) is 4.07. The summed E-state index contributed by atoms with van der Waals surface area (Å²) in [4.78, 5) is 40.2. The Labute approximate surface area is 179 Å². The van der Waals surface area contributed by atoms with E-state index in [2.05, 4.69) is 0 Å². The molecule has 156 valence electrons. The van der Waals surface area contributed by atoms with E-state index < -0.39 is 23.0 Å². The molecule has 0 N–H and O–H groups in total. The fourth-order valence-corrected chi connectivity index (χ4v) is 3.80. The van der Waals surface area contributed by atoms with Crippen LogP contribution in [0.3, 0.4) is 0 Å². The van der Waals surface area contributed by atoms with Crippen molar-refractivity contribution in [2.75, 3.05) is 7.05 Å². The summed E-state index contributed by atoms with van der Waals surface area (Å²) < 4.78 is 0. The molecule has 1 fully saturated rings. The molecule has 2 amide bonds. The number of halogens is 1. The van der Waals surface area contributed by atoms with Crippen molar-refractivity contribution in [1.29, 1.82) is 0 Å². The van der Waals surface area contributed by atoms with Crippen LogP contribution in [-0.4, -0.2) is 45.8 Å². The summed E-state index contributed by atoms with van der Waals surface area (Å²) >= 11 is 6.02. The van der Waals surface area contributed by atoms with Gasteiger partial charge in [0.15, 0.2) is 0 Å². The maximum absolute atomic E-state index is 13.5. The molecule has 3 rings (SSSR count). The van der Waals surface area contributed by atoms with Crippen LogP contribution in [0, 0.1) is 16.0 Å². The van der Waals surface area contributed by atoms with E-state index >= 15 is 0 Å². The lowest BCUT2D eigenvalue weighted by Gasteiger charge is -2.29. The number of hydrogen-bond acceptors (Lipinski definition) is 4. The summed E-state index contributed by atoms with van der Waals surface area (Å²) in [5, 5.41) is 11.7. The number of amides is 2. The SMILES string of the molecule is CC(C)[C@H]1C(=O)N(C)[C@@H](/C=C/c2ccccc2)N1C(=O)c1cc(Cl)ccc1[N+](=O)[O-]. The standard InChI is InChI=1S/C22H22ClN3O4/c1-14(2)20-22(28)24(3)19(12-9-15-7-5-4-6-8-15)25(20)21(27)17-13-16(23)10-11-18(17)26(29)30/h4-14,19-20H,1-3H3/b12-9+/t19-,20+/m1/s1. The summed E-state index contributed by atoms with van der Waals surface area (Å²) in [5.74, 6) is -1.01. The molecule has 0 saturated carbocycles. The minimum atomic E-state index is -0.744. The Hall–Kier alpha value is -3.19. The summed E-state index contributed by atoms with van der Waals surface area (Å²) in [6.45, 7) is 3.68. The van der Waals surface area contributed by atoms with Gasteiger partial charge in [0.25, 0.3) is 11.6 Å². The molecule has 0 aromatic heterocycles. The Bertz CT molecular complexity index is 1010. The van der Waals surface area contributed by atoms with Crippen LogP contribution in [0.2, 0.25) is 5.02 Å². The number of likely N-dealkylation sites (N-methyl/N-ethyl adjacent to an activating group) is 1. The predicted octanol–water partition coefficient (Wildman–Crippen LogP) is 4.23. The summed E-state index contributed by atoms with van der Waals surface area (Å²) in [6.07, 6.45) is 2.89. The zero-order valence-electron chi connectivity index (χ0n) is 16.9. The lowest BCUT2D eigenvalue weighted by atomic mass is 10.0. The first kappa shape index (κ1) is 21.5. The molecule has 30 heavy (non-hydrogen) atoms. The van der Waals surface area contributed by atoms with E-state index in [1.807, 2.05) is 50.3 Å². The van der Waals surface area contributed by atoms with Crippen molar-refractivity contribution in [1.82, 2.24) is 9.80 Å². The average molecular weight is 428 g/mol. The van der Waals surface area contributed by atoms with Crippen molar-refractivity contribution in [3.8, 4) is 0 Å². The number of nitro benzene ring substituents is 1. The predicted molar refractivity (Wildman–Crippen MR) is 115 cm³/mol. The van der Waals surface area contributed by atoms with Crippen LogP contribution < -0.4 is 0 Å². The van der Waals surface area contributed by atoms with E-state index in [9.17, 15) is 19.7 Å². The number of nitrogens with zero attached hydrogens (tertiary/aromatic N) is 3. The van der Waals surface area contributed by atoms with E-state index in [4.69, 9.17) is 11.6 Å². The summed E-state index contributed by atoms with van der Waals surface area (Å²) in [6, 6.07) is 12.6. The number of benzene rings is 2. The minimum absolute atomic E-state index is 0.139. The molecular formula is C22H22ClN3O4. The Morgan fingerprint density at radius 1 is 1.20 bits per heavy atom. The second-order valence-electron chi connectivity index (χ2n) is 7.45. The zero-order valence-corrected chi connectivity index (χ0v) is 17.6. The molecule has 1 aliphatic rings. The van der Waals surface area contributed by atoms with Gasteiger partial charge in [-0.05, 0) is 29.7 Å². The lowest BCUT2D eigenvalue weighted by molar-refractivity contribution is -0.385. The molecule has 7 nitrogen and oxygen atoms in total. The Kier molecular flexibility index (Phi) is 6.22. The Balaban J connectivity index is 2.08. The molecule has 1 aliphatic heterocycles. The second kappa shape index (κ2) is 8.67. The molecule has 2 atom stereocenters. The normalized spacial score (nSPS) is 19.2. The van der Waals surface area contributed by atoms with Gasteiger partial charge in [-0.3, -0.25) is 19.7 Å². The first-order chi connectivity index (χ1) is 14.2. The molecule has 1 heterocycles. The van der Waals surface area contributed by atoms with Crippen LogP contribution >= 0.6 is 11.6 Å². The summed E-state index contributed by atoms with van der Waals surface area (Å²) in [7, 11) is 1.62. The van der Waals surface area contributed by atoms with Gasteiger partial charge in [-0.25, -0.2) is 0 Å². The molecule has 0 spiro atoms. The van der Waals surface area contributed by atoms with Crippen molar-refractivity contribution in [2.45, 2.75) is 26.1 Å². The number of rotatable bonds is 5. The fraction of sp³-hybridized carbons (Fsp3) is 0.273. The van der Waals surface area contributed by atoms with Gasteiger partial charge >= 0.3 is 0 Å². The van der Waals surface area contributed by atoms with Gasteiger partial charge < -0.3 is 9.80 Å². The van der Waals surface area contributed by atoms with Gasteiger partial charge in [-0.15, -0.1) is 0 Å². The van der Waals surface area contributed by atoms with Gasteiger partial charge in [0.2, 0.25) is 5.91 Å². The maximum Gasteiger partial charge on any atom is 0.282 e. The van der Waals surface area contributed by atoms with Gasteiger partial charge in [0.1, 0.15) is 17.8 Å². The molecule has 8 heteroatoms. The van der Waals surface area contributed by atoms with Crippen molar-refractivity contribution in [2.24, 2.45) is 5.92 Å². The molecule has 0 bridgehead atoms. The van der Waals surface area contributed by atoms with E-state index in [1.165, 1.54) is 28.0 Å². The van der Waals surface area contributed by atoms with Gasteiger partial charge in [-0.2, -0.15) is 0 Å². The van der Waals surface area contributed by atoms with Gasteiger partial charge in [-0.1, -0.05) is 61.9 Å². The topological polar surface area (TPSA) is 83.8 Å².